The summed E-state index contributed by atoms with van der Waals surface area (Å²) in [5.41, 5.74) is 4.93. The van der Waals surface area contributed by atoms with Gasteiger partial charge in [0.1, 0.15) is 5.75 Å². The van der Waals surface area contributed by atoms with Gasteiger partial charge in [-0.25, -0.2) is 0 Å². The summed E-state index contributed by atoms with van der Waals surface area (Å²) in [4.78, 5) is 0. The molecule has 0 aliphatic rings. The molecule has 0 aliphatic heterocycles. The van der Waals surface area contributed by atoms with E-state index in [2.05, 4.69) is 43.0 Å². The third-order valence-corrected chi connectivity index (χ3v) is 4.32. The van der Waals surface area contributed by atoms with Crippen molar-refractivity contribution < 1.29 is 17.9 Å². The van der Waals surface area contributed by atoms with E-state index in [1.54, 1.807) is 12.1 Å². The van der Waals surface area contributed by atoms with Crippen molar-refractivity contribution in [2.45, 2.75) is 32.5 Å². The third kappa shape index (κ3) is 5.28. The molecule has 3 aromatic rings. The van der Waals surface area contributed by atoms with Crippen LogP contribution in [0.15, 0.2) is 72.8 Å². The minimum atomic E-state index is -4.69. The third-order valence-electron chi connectivity index (χ3n) is 4.32. The maximum Gasteiger partial charge on any atom is 0.573 e. The molecular formula is C23H22F3NO. The molecule has 0 amide bonds. The first-order valence-electron chi connectivity index (χ1n) is 8.94. The van der Waals surface area contributed by atoms with E-state index in [9.17, 15) is 13.2 Å². The van der Waals surface area contributed by atoms with Crippen molar-refractivity contribution >= 4 is 11.4 Å². The summed E-state index contributed by atoms with van der Waals surface area (Å²) in [6, 6.07) is 21.8. The topological polar surface area (TPSA) is 21.3 Å². The Labute approximate surface area is 163 Å². The lowest BCUT2D eigenvalue weighted by Crippen LogP contribution is -2.16. The molecular weight excluding hydrogens is 363 g/mol. The summed E-state index contributed by atoms with van der Waals surface area (Å²) in [5, 5.41) is 3.36. The molecule has 0 aliphatic carbocycles. The van der Waals surface area contributed by atoms with Crippen LogP contribution in [0.2, 0.25) is 0 Å². The molecule has 3 aromatic carbocycles. The SMILES string of the molecule is CC(C)(C)c1ccc(Nc2cccc(-c3ccc(OC(F)(F)F)cc3)c2)cc1. The zero-order chi connectivity index (χ0) is 20.4. The lowest BCUT2D eigenvalue weighted by molar-refractivity contribution is -0.274. The number of hydrogen-bond acceptors (Lipinski definition) is 2. The fourth-order valence-electron chi connectivity index (χ4n) is 2.85. The first kappa shape index (κ1) is 19.8. The molecule has 0 fully saturated rings. The van der Waals surface area contributed by atoms with Crippen molar-refractivity contribution in [3.05, 3.63) is 78.4 Å². The van der Waals surface area contributed by atoms with Gasteiger partial charge in [0.25, 0.3) is 0 Å². The molecule has 0 radical (unpaired) electrons. The second-order valence-electron chi connectivity index (χ2n) is 7.61. The van der Waals surface area contributed by atoms with Crippen molar-refractivity contribution in [2.24, 2.45) is 0 Å². The van der Waals surface area contributed by atoms with Gasteiger partial charge in [0.15, 0.2) is 0 Å². The van der Waals surface area contributed by atoms with E-state index in [1.807, 2.05) is 36.4 Å². The molecule has 0 aromatic heterocycles. The van der Waals surface area contributed by atoms with Gasteiger partial charge in [0.2, 0.25) is 0 Å². The Morgan fingerprint density at radius 1 is 0.714 bits per heavy atom. The first-order chi connectivity index (χ1) is 13.1. The number of nitrogens with one attached hydrogen (secondary N) is 1. The summed E-state index contributed by atoms with van der Waals surface area (Å²) < 4.78 is 40.8. The predicted octanol–water partition coefficient (Wildman–Crippen LogP) is 7.29. The van der Waals surface area contributed by atoms with Gasteiger partial charge in [0, 0.05) is 11.4 Å². The van der Waals surface area contributed by atoms with Crippen LogP contribution in [-0.4, -0.2) is 6.36 Å². The van der Waals surface area contributed by atoms with Gasteiger partial charge >= 0.3 is 6.36 Å². The zero-order valence-electron chi connectivity index (χ0n) is 16.0. The molecule has 0 saturated carbocycles. The Morgan fingerprint density at radius 3 is 1.93 bits per heavy atom. The fourth-order valence-corrected chi connectivity index (χ4v) is 2.85. The van der Waals surface area contributed by atoms with Crippen molar-refractivity contribution in [2.75, 3.05) is 5.32 Å². The summed E-state index contributed by atoms with van der Waals surface area (Å²) in [5.74, 6) is -0.232. The summed E-state index contributed by atoms with van der Waals surface area (Å²) in [6.45, 7) is 6.51. The number of benzene rings is 3. The molecule has 3 rings (SSSR count). The van der Waals surface area contributed by atoms with Gasteiger partial charge in [-0.15, -0.1) is 13.2 Å². The van der Waals surface area contributed by atoms with Crippen LogP contribution in [0.5, 0.6) is 5.75 Å². The van der Waals surface area contributed by atoms with Crippen molar-refractivity contribution in [1.82, 2.24) is 0 Å². The standard InChI is InChI=1S/C23H22F3NO/c1-22(2,3)18-9-11-19(12-10-18)27-20-6-4-5-17(15-20)16-7-13-21(14-8-16)28-23(24,25)26/h4-15,27H,1-3H3. The zero-order valence-corrected chi connectivity index (χ0v) is 16.0. The van der Waals surface area contributed by atoms with Gasteiger partial charge in [-0.2, -0.15) is 0 Å². The number of alkyl halides is 3. The Balaban J connectivity index is 1.75. The predicted molar refractivity (Wildman–Crippen MR) is 107 cm³/mol. The van der Waals surface area contributed by atoms with Crippen molar-refractivity contribution in [3.8, 4) is 16.9 Å². The van der Waals surface area contributed by atoms with Crippen LogP contribution in [-0.2, 0) is 5.41 Å². The van der Waals surface area contributed by atoms with Gasteiger partial charge < -0.3 is 10.1 Å². The van der Waals surface area contributed by atoms with Crippen LogP contribution < -0.4 is 10.1 Å². The highest BCUT2D eigenvalue weighted by molar-refractivity contribution is 5.71. The number of rotatable bonds is 4. The van der Waals surface area contributed by atoms with Gasteiger partial charge in [-0.05, 0) is 58.5 Å². The lowest BCUT2D eigenvalue weighted by Gasteiger charge is -2.19. The molecule has 28 heavy (non-hydrogen) atoms. The van der Waals surface area contributed by atoms with Crippen LogP contribution in [0.1, 0.15) is 26.3 Å². The van der Waals surface area contributed by atoms with Crippen LogP contribution in [0.3, 0.4) is 0 Å². The number of ether oxygens (including phenoxy) is 1. The Kier molecular flexibility index (Phi) is 5.36. The van der Waals surface area contributed by atoms with Crippen LogP contribution >= 0.6 is 0 Å². The van der Waals surface area contributed by atoms with E-state index in [-0.39, 0.29) is 11.2 Å². The number of halogens is 3. The average Bonchev–Trinajstić information content (AvgIpc) is 2.61. The van der Waals surface area contributed by atoms with E-state index in [0.717, 1.165) is 22.5 Å². The smallest absolute Gasteiger partial charge is 0.406 e. The number of hydrogen-bond donors (Lipinski definition) is 1. The second-order valence-corrected chi connectivity index (χ2v) is 7.61. The summed E-state index contributed by atoms with van der Waals surface area (Å²) in [7, 11) is 0. The summed E-state index contributed by atoms with van der Waals surface area (Å²) in [6.07, 6.45) is -4.69. The molecule has 0 heterocycles. The molecule has 0 unspecified atom stereocenters. The molecule has 5 heteroatoms. The van der Waals surface area contributed by atoms with E-state index < -0.39 is 6.36 Å². The molecule has 0 bridgehead atoms. The highest BCUT2D eigenvalue weighted by atomic mass is 19.4. The largest absolute Gasteiger partial charge is 0.573 e. The van der Waals surface area contributed by atoms with E-state index in [4.69, 9.17) is 0 Å². The Morgan fingerprint density at radius 2 is 1.36 bits per heavy atom. The quantitative estimate of drug-likeness (QED) is 0.509. The van der Waals surface area contributed by atoms with Gasteiger partial charge in [-0.1, -0.05) is 57.2 Å². The molecule has 2 nitrogen and oxygen atoms in total. The molecule has 146 valence electrons. The maximum absolute atomic E-state index is 12.3. The monoisotopic (exact) mass is 385 g/mol. The highest BCUT2D eigenvalue weighted by Gasteiger charge is 2.30. The molecule has 1 N–H and O–H groups in total. The minimum absolute atomic E-state index is 0.0977. The summed E-state index contributed by atoms with van der Waals surface area (Å²) >= 11 is 0. The van der Waals surface area contributed by atoms with Crippen LogP contribution in [0, 0.1) is 0 Å². The molecule has 0 saturated heterocycles. The van der Waals surface area contributed by atoms with E-state index in [0.29, 0.717) is 0 Å². The van der Waals surface area contributed by atoms with Gasteiger partial charge in [-0.3, -0.25) is 0 Å². The fraction of sp³-hybridized carbons (Fsp3) is 0.217. The van der Waals surface area contributed by atoms with Crippen LogP contribution in [0.4, 0.5) is 24.5 Å². The van der Waals surface area contributed by atoms with E-state index in [1.165, 1.54) is 17.7 Å². The Bertz CT molecular complexity index is 924. The van der Waals surface area contributed by atoms with Crippen LogP contribution in [0.25, 0.3) is 11.1 Å². The Hall–Kier alpha value is -2.95. The average molecular weight is 385 g/mol. The van der Waals surface area contributed by atoms with E-state index >= 15 is 0 Å². The minimum Gasteiger partial charge on any atom is -0.406 e. The molecule has 0 atom stereocenters. The number of anilines is 2. The normalized spacial score (nSPS) is 11.9. The van der Waals surface area contributed by atoms with Gasteiger partial charge in [0.05, 0.1) is 0 Å². The van der Waals surface area contributed by atoms with Crippen molar-refractivity contribution in [3.63, 3.8) is 0 Å². The maximum atomic E-state index is 12.3. The lowest BCUT2D eigenvalue weighted by atomic mass is 9.87. The second kappa shape index (κ2) is 7.58. The molecule has 0 spiro atoms. The first-order valence-corrected chi connectivity index (χ1v) is 8.94. The van der Waals surface area contributed by atoms with Crippen molar-refractivity contribution in [1.29, 1.82) is 0 Å². The highest BCUT2D eigenvalue weighted by Crippen LogP contribution is 2.29.